The lowest BCUT2D eigenvalue weighted by Gasteiger charge is -2.19. The number of H-pyrrole nitrogens is 1. The zero-order valence-electron chi connectivity index (χ0n) is 15.8. The molecule has 2 aliphatic heterocycles. The molecular weight excluding hydrogens is 384 g/mol. The Balaban J connectivity index is 1.74. The number of imidazole rings is 1. The van der Waals surface area contributed by atoms with Crippen LogP contribution in [-0.2, 0) is 24.9 Å². The van der Waals surface area contributed by atoms with Gasteiger partial charge in [-0.2, -0.15) is 11.8 Å². The van der Waals surface area contributed by atoms with E-state index in [2.05, 4.69) is 15.3 Å². The minimum Gasteiger partial charge on any atom is -0.324 e. The molecule has 10 nitrogen and oxygen atoms in total. The number of fused-ring (bicyclic) bond motifs is 1. The molecule has 28 heavy (non-hydrogen) atoms. The van der Waals surface area contributed by atoms with Crippen molar-refractivity contribution in [3.63, 3.8) is 0 Å². The van der Waals surface area contributed by atoms with Gasteiger partial charge >= 0.3 is 11.7 Å². The topological polar surface area (TPSA) is 122 Å². The van der Waals surface area contributed by atoms with E-state index >= 15 is 0 Å². The lowest BCUT2D eigenvalue weighted by atomic mass is 9.99. The molecule has 2 fully saturated rings. The van der Waals surface area contributed by atoms with Crippen LogP contribution in [0, 0.1) is 0 Å². The first kappa shape index (κ1) is 18.8. The van der Waals surface area contributed by atoms with Crippen molar-refractivity contribution < 1.29 is 9.59 Å². The zero-order chi connectivity index (χ0) is 20.1. The van der Waals surface area contributed by atoms with Crippen LogP contribution in [0.5, 0.6) is 0 Å². The van der Waals surface area contributed by atoms with Gasteiger partial charge in [0.05, 0.1) is 6.54 Å². The van der Waals surface area contributed by atoms with Crippen LogP contribution in [0.2, 0.25) is 0 Å². The van der Waals surface area contributed by atoms with Gasteiger partial charge in [-0.3, -0.25) is 24.0 Å². The summed E-state index contributed by atoms with van der Waals surface area (Å²) in [6.07, 6.45) is 2.26. The highest BCUT2D eigenvalue weighted by molar-refractivity contribution is 7.99. The molecule has 0 radical (unpaired) electrons. The van der Waals surface area contributed by atoms with Gasteiger partial charge in [-0.05, 0) is 18.6 Å². The molecule has 0 bridgehead atoms. The summed E-state index contributed by atoms with van der Waals surface area (Å²) in [6.45, 7) is 2.39. The van der Waals surface area contributed by atoms with Gasteiger partial charge in [0.15, 0.2) is 11.2 Å². The first-order valence-corrected chi connectivity index (χ1v) is 10.4. The van der Waals surface area contributed by atoms with Crippen molar-refractivity contribution in [3.8, 4) is 0 Å². The van der Waals surface area contributed by atoms with E-state index in [1.54, 1.807) is 23.4 Å². The number of aromatic nitrogens is 4. The van der Waals surface area contributed by atoms with Crippen molar-refractivity contribution in [2.75, 3.05) is 11.5 Å². The molecular formula is C17H22N6O4S. The largest absolute Gasteiger partial charge is 0.330 e. The van der Waals surface area contributed by atoms with E-state index in [-0.39, 0.29) is 23.6 Å². The fraction of sp³-hybridized carbons (Fsp3) is 0.588. The second-order valence-electron chi connectivity index (χ2n) is 7.23. The molecule has 11 heteroatoms. The molecule has 0 saturated carbocycles. The summed E-state index contributed by atoms with van der Waals surface area (Å²) in [5.74, 6) is 1.51. The van der Waals surface area contributed by atoms with Crippen LogP contribution < -0.4 is 16.6 Å². The Morgan fingerprint density at radius 3 is 2.71 bits per heavy atom. The molecule has 3 amide bonds. The molecule has 1 spiro atoms. The number of nitrogens with zero attached hydrogens (tertiary/aromatic N) is 4. The Kier molecular flexibility index (Phi) is 4.56. The van der Waals surface area contributed by atoms with E-state index in [0.717, 1.165) is 23.5 Å². The molecule has 0 aliphatic carbocycles. The van der Waals surface area contributed by atoms with Crippen LogP contribution in [-0.4, -0.2) is 53.0 Å². The highest BCUT2D eigenvalue weighted by atomic mass is 32.2. The molecule has 0 aromatic carbocycles. The van der Waals surface area contributed by atoms with Crippen LogP contribution in [0.4, 0.5) is 4.79 Å². The predicted molar refractivity (Wildman–Crippen MR) is 104 cm³/mol. The number of aryl methyl sites for hydroxylation is 2. The van der Waals surface area contributed by atoms with E-state index in [4.69, 9.17) is 0 Å². The fourth-order valence-corrected chi connectivity index (χ4v) is 5.08. The van der Waals surface area contributed by atoms with Gasteiger partial charge in [-0.15, -0.1) is 0 Å². The van der Waals surface area contributed by atoms with Crippen molar-refractivity contribution in [2.45, 2.75) is 44.8 Å². The van der Waals surface area contributed by atoms with Crippen LogP contribution in [0.25, 0.3) is 11.2 Å². The highest BCUT2D eigenvalue weighted by Crippen LogP contribution is 2.34. The van der Waals surface area contributed by atoms with Gasteiger partial charge in [0.1, 0.15) is 11.4 Å². The smallest absolute Gasteiger partial charge is 0.324 e. The monoisotopic (exact) mass is 406 g/mol. The van der Waals surface area contributed by atoms with Crippen LogP contribution in [0.3, 0.4) is 0 Å². The third kappa shape index (κ3) is 2.76. The number of carbonyl (C=O) groups excluding carboxylic acids is 2. The SMILES string of the molecule is CCCCn1c(=O)[nH]c(=O)c2c1nc(CN1C(=O)NC3(CCSC3)C1=O)n2C. The molecule has 4 heterocycles. The summed E-state index contributed by atoms with van der Waals surface area (Å²) in [6, 6.07) is -0.447. The second kappa shape index (κ2) is 6.80. The molecule has 1 unspecified atom stereocenters. The molecule has 2 aliphatic rings. The summed E-state index contributed by atoms with van der Waals surface area (Å²) in [5, 5.41) is 2.82. The normalized spacial score (nSPS) is 22.0. The summed E-state index contributed by atoms with van der Waals surface area (Å²) in [7, 11) is 1.65. The number of amides is 3. The summed E-state index contributed by atoms with van der Waals surface area (Å²) in [4.78, 5) is 57.8. The summed E-state index contributed by atoms with van der Waals surface area (Å²) < 4.78 is 2.98. The number of hydrogen-bond acceptors (Lipinski definition) is 6. The van der Waals surface area contributed by atoms with Crippen molar-refractivity contribution in [2.24, 2.45) is 7.05 Å². The third-order valence-corrected chi connectivity index (χ3v) is 6.60. The third-order valence-electron chi connectivity index (χ3n) is 5.41. The van der Waals surface area contributed by atoms with Crippen molar-refractivity contribution in [3.05, 3.63) is 26.7 Å². The number of nitrogens with one attached hydrogen (secondary N) is 2. The Hall–Kier alpha value is -2.56. The number of rotatable bonds is 5. The highest BCUT2D eigenvalue weighted by Gasteiger charge is 2.53. The number of imide groups is 1. The second-order valence-corrected chi connectivity index (χ2v) is 8.34. The lowest BCUT2D eigenvalue weighted by molar-refractivity contribution is -0.131. The Labute approximate surface area is 164 Å². The van der Waals surface area contributed by atoms with Crippen molar-refractivity contribution in [1.82, 2.24) is 29.3 Å². The van der Waals surface area contributed by atoms with E-state index in [9.17, 15) is 19.2 Å². The van der Waals surface area contributed by atoms with Gasteiger partial charge in [0, 0.05) is 19.3 Å². The minimum absolute atomic E-state index is 0.0519. The molecule has 4 rings (SSSR count). The van der Waals surface area contributed by atoms with Crippen molar-refractivity contribution in [1.29, 1.82) is 0 Å². The van der Waals surface area contributed by atoms with Gasteiger partial charge in [0.2, 0.25) is 0 Å². The van der Waals surface area contributed by atoms with Gasteiger partial charge in [-0.1, -0.05) is 13.3 Å². The Morgan fingerprint density at radius 2 is 2.04 bits per heavy atom. The number of unbranched alkanes of at least 4 members (excludes halogenated alkanes) is 1. The number of hydrogen-bond donors (Lipinski definition) is 2. The van der Waals surface area contributed by atoms with Crippen LogP contribution in [0.1, 0.15) is 32.0 Å². The molecule has 2 N–H and O–H groups in total. The maximum atomic E-state index is 12.9. The van der Waals surface area contributed by atoms with Gasteiger partial charge in [0.25, 0.3) is 11.5 Å². The predicted octanol–water partition coefficient (Wildman–Crippen LogP) is 0.151. The number of carbonyl (C=O) groups is 2. The Morgan fingerprint density at radius 1 is 1.25 bits per heavy atom. The standard InChI is InChI=1S/C17H22N6O4S/c1-3-4-6-22-12-11(13(24)19-15(22)26)21(2)10(18-12)8-23-14(25)17(20-16(23)27)5-7-28-9-17/h3-9H2,1-2H3,(H,20,27)(H,19,24,26). The van der Waals surface area contributed by atoms with Crippen molar-refractivity contribution >= 4 is 34.9 Å². The number of thioether (sulfide) groups is 1. The first-order valence-electron chi connectivity index (χ1n) is 9.28. The van der Waals surface area contributed by atoms with E-state index in [1.807, 2.05) is 6.92 Å². The summed E-state index contributed by atoms with van der Waals surface area (Å²) >= 11 is 1.64. The molecule has 2 saturated heterocycles. The average molecular weight is 406 g/mol. The average Bonchev–Trinajstić information content (AvgIpc) is 3.30. The first-order chi connectivity index (χ1) is 13.4. The quantitative estimate of drug-likeness (QED) is 0.682. The van der Waals surface area contributed by atoms with Gasteiger partial charge < -0.3 is 9.88 Å². The lowest BCUT2D eigenvalue weighted by Crippen LogP contribution is -2.46. The molecule has 150 valence electrons. The minimum atomic E-state index is -0.826. The molecule has 2 aromatic heterocycles. The maximum absolute atomic E-state index is 12.9. The van der Waals surface area contributed by atoms with Crippen LogP contribution in [0.15, 0.2) is 9.59 Å². The maximum Gasteiger partial charge on any atom is 0.330 e. The van der Waals surface area contributed by atoms with E-state index in [1.165, 1.54) is 4.57 Å². The fourth-order valence-electron chi connectivity index (χ4n) is 3.75. The van der Waals surface area contributed by atoms with Crippen LogP contribution >= 0.6 is 11.8 Å². The molecule has 1 atom stereocenters. The molecule has 2 aromatic rings. The number of urea groups is 1. The Bertz CT molecular complexity index is 1080. The van der Waals surface area contributed by atoms with E-state index in [0.29, 0.717) is 24.5 Å². The number of aromatic amines is 1. The van der Waals surface area contributed by atoms with E-state index < -0.39 is 22.8 Å². The zero-order valence-corrected chi connectivity index (χ0v) is 16.6. The van der Waals surface area contributed by atoms with Gasteiger partial charge in [-0.25, -0.2) is 14.6 Å². The summed E-state index contributed by atoms with van der Waals surface area (Å²) in [5.41, 5.74) is -1.34.